The summed E-state index contributed by atoms with van der Waals surface area (Å²) in [5, 5.41) is 33.2. The second kappa shape index (κ2) is 13.1. The van der Waals surface area contributed by atoms with Crippen molar-refractivity contribution < 1.29 is 33.6 Å². The summed E-state index contributed by atoms with van der Waals surface area (Å²) in [5.74, 6) is -2.20. The average molecular weight is 529 g/mol. The number of rotatable bonds is 12. The average Bonchev–Trinajstić information content (AvgIpc) is 3.28. The van der Waals surface area contributed by atoms with Crippen LogP contribution in [0.2, 0.25) is 0 Å². The molecule has 9 heteroatoms. The van der Waals surface area contributed by atoms with E-state index in [1.54, 1.807) is 6.07 Å². The van der Waals surface area contributed by atoms with Gasteiger partial charge in [-0.1, -0.05) is 36.4 Å². The number of aromatic nitrogens is 2. The topological polar surface area (TPSA) is 105 Å². The lowest BCUT2D eigenvalue weighted by Crippen LogP contribution is -2.24. The summed E-state index contributed by atoms with van der Waals surface area (Å²) >= 11 is 0. The number of carboxylic acids is 1. The van der Waals surface area contributed by atoms with Crippen LogP contribution in [0.1, 0.15) is 37.8 Å². The Bertz CT molecular complexity index is 1210. The van der Waals surface area contributed by atoms with Crippen molar-refractivity contribution in [1.82, 2.24) is 9.78 Å². The van der Waals surface area contributed by atoms with E-state index in [2.05, 4.69) is 0 Å². The molecular weight excluding hydrogens is 494 g/mol. The summed E-state index contributed by atoms with van der Waals surface area (Å²) < 4.78 is 35.4. The standard InChI is InChI=1S/C29H34F2N2O5/c30-24-12-10-22(14-25(24)31)28-26(13-11-23(35)16-34)33(32-29(28)21-4-2-1-3-5-21)15-19-6-8-20(9-7-19)17-38-18-27(36)37/h1-5,10,12,14,19-20,23,34-35H,6-9,11,13,15-18H2,(H,36,37)/t19-,20+,23-/m1/s1. The summed E-state index contributed by atoms with van der Waals surface area (Å²) in [7, 11) is 0. The molecule has 2 aromatic carbocycles. The van der Waals surface area contributed by atoms with E-state index < -0.39 is 23.7 Å². The lowest BCUT2D eigenvalue weighted by molar-refractivity contribution is -0.142. The fraction of sp³-hybridized carbons (Fsp3) is 0.448. The van der Waals surface area contributed by atoms with E-state index in [0.29, 0.717) is 54.6 Å². The lowest BCUT2D eigenvalue weighted by atomic mass is 9.82. The number of aliphatic hydroxyl groups excluding tert-OH is 2. The second-order valence-corrected chi connectivity index (χ2v) is 10.0. The van der Waals surface area contributed by atoms with Crippen molar-refractivity contribution in [2.75, 3.05) is 19.8 Å². The third kappa shape index (κ3) is 7.03. The number of hydrogen-bond donors (Lipinski definition) is 3. The Labute approximate surface area is 220 Å². The summed E-state index contributed by atoms with van der Waals surface area (Å²) in [6.45, 7) is 0.403. The summed E-state index contributed by atoms with van der Waals surface area (Å²) in [6.07, 6.45) is 3.49. The quantitative estimate of drug-likeness (QED) is 0.315. The molecule has 1 heterocycles. The van der Waals surface area contributed by atoms with Gasteiger partial charge in [-0.2, -0.15) is 5.10 Å². The maximum Gasteiger partial charge on any atom is 0.329 e. The summed E-state index contributed by atoms with van der Waals surface area (Å²) in [5.41, 5.74) is 3.49. The van der Waals surface area contributed by atoms with Crippen LogP contribution in [0.4, 0.5) is 8.78 Å². The van der Waals surface area contributed by atoms with Crippen LogP contribution < -0.4 is 0 Å². The molecule has 0 radical (unpaired) electrons. The maximum atomic E-state index is 14.3. The number of aliphatic hydroxyl groups is 2. The monoisotopic (exact) mass is 528 g/mol. The van der Waals surface area contributed by atoms with Crippen LogP contribution in [0.5, 0.6) is 0 Å². The van der Waals surface area contributed by atoms with Crippen molar-refractivity contribution >= 4 is 5.97 Å². The number of hydrogen-bond acceptors (Lipinski definition) is 5. The highest BCUT2D eigenvalue weighted by atomic mass is 19.2. The minimum Gasteiger partial charge on any atom is -0.480 e. The molecule has 38 heavy (non-hydrogen) atoms. The first-order chi connectivity index (χ1) is 18.4. The predicted octanol–water partition coefficient (Wildman–Crippen LogP) is 4.69. The highest BCUT2D eigenvalue weighted by Crippen LogP contribution is 2.38. The molecule has 3 N–H and O–H groups in total. The molecule has 0 unspecified atom stereocenters. The van der Waals surface area contributed by atoms with Crippen LogP contribution in [0, 0.1) is 23.5 Å². The van der Waals surface area contributed by atoms with Gasteiger partial charge in [0.1, 0.15) is 12.3 Å². The fourth-order valence-corrected chi connectivity index (χ4v) is 5.19. The van der Waals surface area contributed by atoms with Crippen molar-refractivity contribution in [1.29, 1.82) is 0 Å². The van der Waals surface area contributed by atoms with Crippen LogP contribution in [0.3, 0.4) is 0 Å². The van der Waals surface area contributed by atoms with Crippen LogP contribution in [0.25, 0.3) is 22.4 Å². The molecule has 1 atom stereocenters. The highest BCUT2D eigenvalue weighted by molar-refractivity contribution is 5.83. The van der Waals surface area contributed by atoms with E-state index in [4.69, 9.17) is 14.9 Å². The van der Waals surface area contributed by atoms with Crippen molar-refractivity contribution in [2.45, 2.75) is 51.2 Å². The molecule has 1 aliphatic rings. The number of carboxylic acid groups (broad SMARTS) is 1. The van der Waals surface area contributed by atoms with Gasteiger partial charge in [-0.05, 0) is 68.1 Å². The molecule has 0 spiro atoms. The van der Waals surface area contributed by atoms with E-state index in [1.807, 2.05) is 35.0 Å². The number of aliphatic carboxylic acids is 1. The van der Waals surface area contributed by atoms with Crippen LogP contribution in [-0.2, 0) is 22.5 Å². The second-order valence-electron chi connectivity index (χ2n) is 10.0. The minimum absolute atomic E-state index is 0.286. The highest BCUT2D eigenvalue weighted by Gasteiger charge is 2.26. The Kier molecular flexibility index (Phi) is 9.60. The SMILES string of the molecule is O=C(O)COC[C@H]1CC[C@@H](Cn2nc(-c3ccccc3)c(-c3ccc(F)c(F)c3)c2CC[C@@H](O)CO)CC1. The molecule has 4 rings (SSSR count). The molecule has 7 nitrogen and oxygen atoms in total. The zero-order valence-electron chi connectivity index (χ0n) is 21.2. The molecule has 0 saturated heterocycles. The first-order valence-corrected chi connectivity index (χ1v) is 13.0. The molecule has 0 bridgehead atoms. The number of ether oxygens (including phenoxy) is 1. The first kappa shape index (κ1) is 27.9. The van der Waals surface area contributed by atoms with Gasteiger partial charge in [-0.25, -0.2) is 13.6 Å². The fourth-order valence-electron chi connectivity index (χ4n) is 5.19. The van der Waals surface area contributed by atoms with Crippen LogP contribution in [-0.4, -0.2) is 57.0 Å². The number of carbonyl (C=O) groups is 1. The maximum absolute atomic E-state index is 14.3. The Hall–Kier alpha value is -3.14. The zero-order valence-corrected chi connectivity index (χ0v) is 21.2. The Morgan fingerprint density at radius 1 is 1.03 bits per heavy atom. The van der Waals surface area contributed by atoms with Gasteiger partial charge in [0.25, 0.3) is 0 Å². The summed E-state index contributed by atoms with van der Waals surface area (Å²) in [6, 6.07) is 13.4. The molecule has 1 aromatic heterocycles. The van der Waals surface area contributed by atoms with E-state index in [1.165, 1.54) is 6.07 Å². The van der Waals surface area contributed by atoms with Crippen molar-refractivity contribution in [2.24, 2.45) is 11.8 Å². The van der Waals surface area contributed by atoms with Crippen LogP contribution in [0.15, 0.2) is 48.5 Å². The largest absolute Gasteiger partial charge is 0.480 e. The van der Waals surface area contributed by atoms with E-state index >= 15 is 0 Å². The normalized spacial score (nSPS) is 18.4. The molecule has 3 aromatic rings. The van der Waals surface area contributed by atoms with Gasteiger partial charge in [-0.3, -0.25) is 4.68 Å². The number of nitrogens with zero attached hydrogens (tertiary/aromatic N) is 2. The number of benzene rings is 2. The molecule has 204 valence electrons. The Morgan fingerprint density at radius 2 is 1.74 bits per heavy atom. The molecule has 0 aliphatic heterocycles. The van der Waals surface area contributed by atoms with Crippen molar-refractivity contribution in [3.05, 3.63) is 65.9 Å². The van der Waals surface area contributed by atoms with Crippen LogP contribution >= 0.6 is 0 Å². The van der Waals surface area contributed by atoms with Gasteiger partial charge in [0.2, 0.25) is 0 Å². The molecule has 1 fully saturated rings. The molecule has 1 saturated carbocycles. The third-order valence-corrected chi connectivity index (χ3v) is 7.21. The van der Waals surface area contributed by atoms with Gasteiger partial charge >= 0.3 is 5.97 Å². The first-order valence-electron chi connectivity index (χ1n) is 13.0. The van der Waals surface area contributed by atoms with E-state index in [-0.39, 0.29) is 13.2 Å². The van der Waals surface area contributed by atoms with E-state index in [0.717, 1.165) is 43.0 Å². The Morgan fingerprint density at radius 3 is 2.39 bits per heavy atom. The minimum atomic E-state index is -0.970. The van der Waals surface area contributed by atoms with E-state index in [9.17, 15) is 23.8 Å². The van der Waals surface area contributed by atoms with Crippen molar-refractivity contribution in [3.8, 4) is 22.4 Å². The predicted molar refractivity (Wildman–Crippen MR) is 138 cm³/mol. The zero-order chi connectivity index (χ0) is 27.1. The van der Waals surface area contributed by atoms with Gasteiger partial charge in [0.05, 0.1) is 19.3 Å². The third-order valence-electron chi connectivity index (χ3n) is 7.21. The molecular formula is C29H34F2N2O5. The lowest BCUT2D eigenvalue weighted by Gasteiger charge is -2.28. The Balaban J connectivity index is 1.65. The van der Waals surface area contributed by atoms with Gasteiger partial charge in [-0.15, -0.1) is 0 Å². The number of halogens is 2. The van der Waals surface area contributed by atoms with Crippen molar-refractivity contribution in [3.63, 3.8) is 0 Å². The van der Waals surface area contributed by atoms with Gasteiger partial charge in [0.15, 0.2) is 11.6 Å². The smallest absolute Gasteiger partial charge is 0.329 e. The molecule has 1 aliphatic carbocycles. The van der Waals surface area contributed by atoms with Gasteiger partial charge < -0.3 is 20.1 Å². The summed E-state index contributed by atoms with van der Waals surface area (Å²) in [4.78, 5) is 10.7. The van der Waals surface area contributed by atoms with Gasteiger partial charge in [0, 0.05) is 23.4 Å². The molecule has 0 amide bonds.